The summed E-state index contributed by atoms with van der Waals surface area (Å²) in [5, 5.41) is 19.2. The lowest BCUT2D eigenvalue weighted by Gasteiger charge is -2.40. The monoisotopic (exact) mass is 1040 g/mol. The van der Waals surface area contributed by atoms with Crippen molar-refractivity contribution >= 4 is 77.2 Å². The van der Waals surface area contributed by atoms with Gasteiger partial charge in [-0.25, -0.2) is 9.59 Å². The minimum Gasteiger partial charge on any atom is -0.506 e. The molecule has 0 bridgehead atoms. The van der Waals surface area contributed by atoms with E-state index in [1.54, 1.807) is 46.5 Å². The van der Waals surface area contributed by atoms with Crippen molar-refractivity contribution in [3.63, 3.8) is 0 Å². The molecule has 3 aromatic carbocycles. The summed E-state index contributed by atoms with van der Waals surface area (Å²) in [6.45, 7) is 5.91. The Morgan fingerprint density at radius 3 is 2.15 bits per heavy atom. The lowest BCUT2D eigenvalue weighted by Crippen LogP contribution is -2.59. The molecule has 7 N–H and O–H groups in total. The van der Waals surface area contributed by atoms with Crippen LogP contribution in [0.25, 0.3) is 0 Å². The fourth-order valence-corrected chi connectivity index (χ4v) is 9.77. The number of nitrogens with zero attached hydrogens (tertiary/aromatic N) is 5. The third-order valence-corrected chi connectivity index (χ3v) is 13.8. The molecule has 0 unspecified atom stereocenters. The first-order valence-corrected chi connectivity index (χ1v) is 24.5. The van der Waals surface area contributed by atoms with Crippen LogP contribution in [0.3, 0.4) is 0 Å². The maximum absolute atomic E-state index is 14.2. The van der Waals surface area contributed by atoms with Crippen molar-refractivity contribution in [2.75, 3.05) is 56.0 Å². The first-order chi connectivity index (χ1) is 31.1. The number of benzene rings is 3. The molecule has 17 nitrogen and oxygen atoms in total. The molecule has 3 aliphatic rings. The quantitative estimate of drug-likeness (QED) is 0.0708. The van der Waals surface area contributed by atoms with Gasteiger partial charge in [0, 0.05) is 82.0 Å². The van der Waals surface area contributed by atoms with Gasteiger partial charge in [-0.05, 0) is 131 Å². The number of phenols is 1. The van der Waals surface area contributed by atoms with Crippen LogP contribution >= 0.6 is 31.9 Å². The number of carbonyl (C=O) groups excluding carboxylic acids is 4. The third-order valence-electron chi connectivity index (χ3n) is 11.7. The van der Waals surface area contributed by atoms with E-state index in [2.05, 4.69) is 57.7 Å². The van der Waals surface area contributed by atoms with Crippen LogP contribution in [0.4, 0.5) is 21.0 Å². The number of fused-ring (bicyclic) bond motifs is 1. The van der Waals surface area contributed by atoms with Crippen LogP contribution < -0.4 is 26.6 Å². The molecule has 2 fully saturated rings. The average Bonchev–Trinajstić information content (AvgIpc) is 3.30. The van der Waals surface area contributed by atoms with E-state index in [9.17, 15) is 32.7 Å². The number of nitrogens with one attached hydrogen (secondary N) is 3. The van der Waals surface area contributed by atoms with Gasteiger partial charge in [0.2, 0.25) is 11.8 Å². The number of piperazine rings is 1. The van der Waals surface area contributed by atoms with Gasteiger partial charge in [-0.2, -0.15) is 8.42 Å². The van der Waals surface area contributed by atoms with E-state index in [4.69, 9.17) is 10.3 Å². The van der Waals surface area contributed by atoms with E-state index in [0.29, 0.717) is 99.0 Å². The molecule has 4 heterocycles. The van der Waals surface area contributed by atoms with Gasteiger partial charge in [0.15, 0.2) is 0 Å². The number of carbonyl (C=O) groups is 4. The Bertz CT molecular complexity index is 2380. The molecule has 4 aromatic rings. The summed E-state index contributed by atoms with van der Waals surface area (Å²) < 4.78 is 30.4. The molecule has 348 valence electrons. The second-order valence-electron chi connectivity index (χ2n) is 16.2. The number of phenolic OH excluding ortho intramolecular Hbond substituents is 1. The second-order valence-corrected chi connectivity index (χ2v) is 19.3. The van der Waals surface area contributed by atoms with Gasteiger partial charge >= 0.3 is 12.1 Å². The van der Waals surface area contributed by atoms with Gasteiger partial charge in [0.25, 0.3) is 10.1 Å². The number of piperidine rings is 1. The number of rotatable bonds is 13. The summed E-state index contributed by atoms with van der Waals surface area (Å²) in [6.07, 6.45) is 6.53. The number of aryl methyl sites for hydroxylation is 1. The minimum absolute atomic E-state index is 0.0205. The van der Waals surface area contributed by atoms with Gasteiger partial charge < -0.3 is 46.4 Å². The first kappa shape index (κ1) is 49.2. The van der Waals surface area contributed by atoms with Crippen LogP contribution in [0, 0.1) is 6.92 Å². The Hall–Kier alpha value is -5.28. The topological polar surface area (TPSA) is 231 Å². The molecular formula is C45H55Br2N9O8S. The zero-order chi connectivity index (χ0) is 46.7. The molecular weight excluding hydrogens is 986 g/mol. The van der Waals surface area contributed by atoms with Crippen molar-refractivity contribution < 1.29 is 37.3 Å². The van der Waals surface area contributed by atoms with Crippen LogP contribution in [0.2, 0.25) is 0 Å². The van der Waals surface area contributed by atoms with Gasteiger partial charge in [-0.1, -0.05) is 35.9 Å². The number of pyridine rings is 1. The molecule has 1 aromatic heterocycles. The predicted molar refractivity (Wildman–Crippen MR) is 254 cm³/mol. The Balaban J connectivity index is 0.000000557. The van der Waals surface area contributed by atoms with Crippen LogP contribution in [0.1, 0.15) is 48.8 Å². The number of para-hydroxylation sites is 1. The van der Waals surface area contributed by atoms with Gasteiger partial charge in [0.1, 0.15) is 17.8 Å². The largest absolute Gasteiger partial charge is 0.506 e. The Kier molecular flexibility index (Phi) is 17.2. The zero-order valence-corrected chi connectivity index (χ0v) is 40.0. The molecule has 20 heteroatoms. The van der Waals surface area contributed by atoms with Crippen molar-refractivity contribution in [3.8, 4) is 5.75 Å². The van der Waals surface area contributed by atoms with Gasteiger partial charge in [-0.15, -0.1) is 0 Å². The van der Waals surface area contributed by atoms with Crippen molar-refractivity contribution in [2.24, 2.45) is 5.73 Å². The number of hydrogen-bond donors (Lipinski definition) is 6. The summed E-state index contributed by atoms with van der Waals surface area (Å²) in [6, 6.07) is 18.6. The number of aromatic nitrogens is 1. The maximum atomic E-state index is 14.2. The van der Waals surface area contributed by atoms with Crippen LogP contribution in [-0.2, 0) is 32.7 Å². The summed E-state index contributed by atoms with van der Waals surface area (Å²) in [5.74, 6) is -0.628. The summed E-state index contributed by atoms with van der Waals surface area (Å²) >= 11 is 6.74. The molecule has 0 aliphatic carbocycles. The molecule has 0 spiro atoms. The highest BCUT2D eigenvalue weighted by Gasteiger charge is 2.35. The SMILES string of the molecule is Cc1ccc(S(=O)(=O)O)cc1.NCCCC[C@H](NC(=O)[C@@H](Cc1cc(Br)c(O)c(Br)c1)NC(=O)N1CCC(N2Cc3ccccc3NC2=O)CC1)C(=O)N1CCN(c2ccncc2)CC1. The highest BCUT2D eigenvalue weighted by molar-refractivity contribution is 9.11. The minimum atomic E-state index is -4.02. The van der Waals surface area contributed by atoms with E-state index >= 15 is 0 Å². The van der Waals surface area contributed by atoms with Crippen LogP contribution in [0.5, 0.6) is 5.75 Å². The highest BCUT2D eigenvalue weighted by Crippen LogP contribution is 2.34. The van der Waals surface area contributed by atoms with E-state index in [1.807, 2.05) is 48.2 Å². The molecule has 7 rings (SSSR count). The Morgan fingerprint density at radius 1 is 0.877 bits per heavy atom. The van der Waals surface area contributed by atoms with Crippen molar-refractivity contribution in [2.45, 2.75) is 75.0 Å². The molecule has 6 amide bonds. The number of anilines is 2. The second kappa shape index (κ2) is 22.8. The number of urea groups is 2. The Labute approximate surface area is 396 Å². The first-order valence-electron chi connectivity index (χ1n) is 21.5. The molecule has 2 atom stereocenters. The van der Waals surface area contributed by atoms with E-state index in [1.165, 1.54) is 12.1 Å². The summed E-state index contributed by atoms with van der Waals surface area (Å²) in [7, 11) is -4.02. The number of unbranched alkanes of at least 4 members (excludes halogenated alkanes) is 1. The lowest BCUT2D eigenvalue weighted by molar-refractivity contribution is -0.137. The molecule has 65 heavy (non-hydrogen) atoms. The number of aromatic hydroxyl groups is 1. The normalized spacial score (nSPS) is 16.4. The van der Waals surface area contributed by atoms with E-state index < -0.39 is 34.1 Å². The number of amides is 6. The average molecular weight is 1040 g/mol. The number of nitrogens with two attached hydrogens (primary N) is 1. The van der Waals surface area contributed by atoms with Gasteiger partial charge in [0.05, 0.1) is 13.8 Å². The van der Waals surface area contributed by atoms with Crippen LogP contribution in [0.15, 0.2) is 99.0 Å². The summed E-state index contributed by atoms with van der Waals surface area (Å²) in [4.78, 5) is 66.5. The molecule has 0 saturated carbocycles. The van der Waals surface area contributed by atoms with Crippen molar-refractivity contribution in [1.29, 1.82) is 0 Å². The van der Waals surface area contributed by atoms with Crippen molar-refractivity contribution in [1.82, 2.24) is 30.3 Å². The highest BCUT2D eigenvalue weighted by atomic mass is 79.9. The fourth-order valence-electron chi connectivity index (χ4n) is 8.01. The standard InChI is InChI=1S/C38H47Br2N9O5.C7H8O3S/c39-29-21-25(22-30(40)34(29)50)23-33(45-37(53)48-15-10-28(11-16-48)49-24-26-5-1-2-6-31(26)44-38(49)54)35(51)43-32(7-3-4-12-41)36(52)47-19-17-46(18-20-47)27-8-13-42-14-9-27;1-6-2-4-7(5-3-6)11(8,9)10/h1-2,5-6,8-9,13-14,21-22,28,32-33,50H,3-4,7,10-12,15-20,23-24,41H2,(H,43,51)(H,44,54)(H,45,53);2-5H,1H3,(H,8,9,10)/t32-,33+;/m0./s1. The number of hydrogen-bond acceptors (Lipinski definition) is 10. The van der Waals surface area contributed by atoms with Crippen molar-refractivity contribution in [3.05, 3.63) is 111 Å². The van der Waals surface area contributed by atoms with E-state index in [-0.39, 0.29) is 35.0 Å². The Morgan fingerprint density at radius 2 is 1.52 bits per heavy atom. The van der Waals surface area contributed by atoms with Crippen LogP contribution in [-0.4, -0.2) is 126 Å². The smallest absolute Gasteiger partial charge is 0.322 e. The maximum Gasteiger partial charge on any atom is 0.322 e. The number of likely N-dealkylation sites (tertiary alicyclic amines) is 1. The third kappa shape index (κ3) is 13.4. The molecule has 2 saturated heterocycles. The predicted octanol–water partition coefficient (Wildman–Crippen LogP) is 5.65. The summed E-state index contributed by atoms with van der Waals surface area (Å²) in [5.41, 5.74) is 10.3. The van der Waals surface area contributed by atoms with E-state index in [0.717, 1.165) is 22.5 Å². The zero-order valence-electron chi connectivity index (χ0n) is 36.0. The molecule has 0 radical (unpaired) electrons. The van der Waals surface area contributed by atoms with Gasteiger partial charge in [-0.3, -0.25) is 19.1 Å². The molecule has 3 aliphatic heterocycles. The fraction of sp³-hybridized carbons (Fsp3) is 0.400. The number of halogens is 2. The lowest BCUT2D eigenvalue weighted by atomic mass is 10.0.